The van der Waals surface area contributed by atoms with Crippen LogP contribution in [0.1, 0.15) is 37.9 Å². The molecule has 232 valence electrons. The third-order valence-corrected chi connectivity index (χ3v) is 7.82. The van der Waals surface area contributed by atoms with Gasteiger partial charge < -0.3 is 23.7 Å². The van der Waals surface area contributed by atoms with Crippen LogP contribution in [0.25, 0.3) is 6.08 Å². The summed E-state index contributed by atoms with van der Waals surface area (Å²) < 4.78 is 29.0. The van der Waals surface area contributed by atoms with E-state index in [4.69, 9.17) is 42.1 Å². The zero-order valence-corrected chi connectivity index (χ0v) is 26.8. The van der Waals surface area contributed by atoms with Gasteiger partial charge in [0, 0.05) is 10.6 Å². The van der Waals surface area contributed by atoms with Crippen molar-refractivity contribution in [3.8, 4) is 17.2 Å². The van der Waals surface area contributed by atoms with E-state index >= 15 is 0 Å². The fraction of sp³-hybridized carbons (Fsp3) is 0.290. The van der Waals surface area contributed by atoms with E-state index in [9.17, 15) is 14.4 Å². The molecule has 1 atom stereocenters. The van der Waals surface area contributed by atoms with Crippen LogP contribution in [0.3, 0.4) is 0 Å². The minimum Gasteiger partial charge on any atom is -0.490 e. The number of ether oxygens (including phenoxy) is 5. The van der Waals surface area contributed by atoms with E-state index in [1.807, 2.05) is 0 Å². The number of fused-ring (bicyclic) bond motifs is 1. The summed E-state index contributed by atoms with van der Waals surface area (Å²) in [5, 5.41) is 0.630. The van der Waals surface area contributed by atoms with Crippen LogP contribution in [0.15, 0.2) is 64.0 Å². The Bertz CT molecular complexity index is 1810. The summed E-state index contributed by atoms with van der Waals surface area (Å²) in [4.78, 5) is 44.0. The van der Waals surface area contributed by atoms with Gasteiger partial charge in [-0.3, -0.25) is 9.36 Å². The number of nitrogens with zero attached hydrogens (tertiary/aromatic N) is 2. The van der Waals surface area contributed by atoms with E-state index in [0.29, 0.717) is 49.3 Å². The van der Waals surface area contributed by atoms with E-state index in [2.05, 4.69) is 16.3 Å². The summed E-state index contributed by atoms with van der Waals surface area (Å²) in [6, 6.07) is 7.22. The number of rotatable bonds is 12. The predicted molar refractivity (Wildman–Crippen MR) is 168 cm³/mol. The van der Waals surface area contributed by atoms with Crippen molar-refractivity contribution in [3.63, 3.8) is 0 Å². The minimum absolute atomic E-state index is 0.125. The van der Waals surface area contributed by atoms with Gasteiger partial charge in [0.15, 0.2) is 22.9 Å². The van der Waals surface area contributed by atoms with Gasteiger partial charge in [0.2, 0.25) is 0 Å². The molecule has 0 bridgehead atoms. The lowest BCUT2D eigenvalue weighted by Crippen LogP contribution is -2.40. The molecule has 10 nitrogen and oxygen atoms in total. The zero-order valence-electron chi connectivity index (χ0n) is 24.5. The summed E-state index contributed by atoms with van der Waals surface area (Å²) in [5.74, 6) is -0.238. The first kappa shape index (κ1) is 32.8. The number of hydrogen-bond acceptors (Lipinski definition) is 10. The van der Waals surface area contributed by atoms with Crippen molar-refractivity contribution < 1.29 is 33.3 Å². The summed E-state index contributed by atoms with van der Waals surface area (Å²) in [5.41, 5.74) is 1.19. The Morgan fingerprint density at radius 2 is 1.86 bits per heavy atom. The highest BCUT2D eigenvalue weighted by atomic mass is 35.5. The topological polar surface area (TPSA) is 115 Å². The normalized spacial score (nSPS) is 14.4. The maximum atomic E-state index is 14.1. The molecule has 0 N–H and O–H groups in total. The Hall–Kier alpha value is -4.06. The maximum Gasteiger partial charge on any atom is 0.343 e. The molecule has 0 radical (unpaired) electrons. The minimum atomic E-state index is -0.916. The molecule has 0 fully saturated rings. The van der Waals surface area contributed by atoms with E-state index in [1.54, 1.807) is 63.3 Å². The first-order valence-corrected chi connectivity index (χ1v) is 15.1. The predicted octanol–water partition coefficient (Wildman–Crippen LogP) is 4.62. The Morgan fingerprint density at radius 1 is 1.09 bits per heavy atom. The molecular formula is C31H30Cl2N2O8S. The average molecular weight is 662 g/mol. The van der Waals surface area contributed by atoms with Crippen LogP contribution in [0, 0.1) is 0 Å². The molecule has 0 saturated heterocycles. The van der Waals surface area contributed by atoms with Gasteiger partial charge in [0.1, 0.15) is 12.4 Å². The molecule has 1 aromatic heterocycles. The molecular weight excluding hydrogens is 631 g/mol. The molecule has 3 aromatic rings. The van der Waals surface area contributed by atoms with E-state index in [0.717, 1.165) is 11.3 Å². The second kappa shape index (κ2) is 14.6. The molecule has 0 amide bonds. The fourth-order valence-electron chi connectivity index (χ4n) is 4.51. The first-order chi connectivity index (χ1) is 21.1. The van der Waals surface area contributed by atoms with Crippen molar-refractivity contribution in [1.82, 2.24) is 4.57 Å². The van der Waals surface area contributed by atoms with E-state index in [1.165, 1.54) is 11.7 Å². The molecule has 0 aliphatic carbocycles. The second-order valence-corrected chi connectivity index (χ2v) is 11.1. The molecule has 0 spiro atoms. The van der Waals surface area contributed by atoms with Crippen LogP contribution in [-0.4, -0.2) is 50.0 Å². The highest BCUT2D eigenvalue weighted by molar-refractivity contribution is 7.07. The molecule has 0 unspecified atom stereocenters. The van der Waals surface area contributed by atoms with Gasteiger partial charge in [-0.2, -0.15) is 0 Å². The Labute approximate surface area is 267 Å². The van der Waals surface area contributed by atoms with E-state index < -0.39 is 23.5 Å². The highest BCUT2D eigenvalue weighted by Gasteiger charge is 2.34. The standard InChI is InChI=1S/C31H30Cl2N2O8S/c1-6-11-42-28-19(12-20(32)15-21(28)33)14-24-29(37)35-27(26(30(38)41-8-3)17(4)34-31(35)44-24)18-9-10-22(23(13-18)40-7-2)43-16-25(36)39-5/h6,9-10,12-15,27H,1,7-8,11,16H2,2-5H3/b24-14+/t27-/m0/s1. The number of carbonyl (C=O) groups is 2. The fourth-order valence-corrected chi connectivity index (χ4v) is 6.11. The largest absolute Gasteiger partial charge is 0.490 e. The zero-order chi connectivity index (χ0) is 32.0. The number of halogens is 2. The third kappa shape index (κ3) is 7.01. The second-order valence-electron chi connectivity index (χ2n) is 9.21. The average Bonchev–Trinajstić information content (AvgIpc) is 3.29. The van der Waals surface area contributed by atoms with Gasteiger partial charge in [-0.25, -0.2) is 14.6 Å². The molecule has 1 aliphatic heterocycles. The number of hydrogen-bond donors (Lipinski definition) is 0. The maximum absolute atomic E-state index is 14.1. The van der Waals surface area contributed by atoms with Crippen LogP contribution in [0.4, 0.5) is 0 Å². The molecule has 13 heteroatoms. The van der Waals surface area contributed by atoms with Gasteiger partial charge in [-0.05, 0) is 56.7 Å². The summed E-state index contributed by atoms with van der Waals surface area (Å²) in [7, 11) is 1.26. The number of aromatic nitrogens is 1. The van der Waals surface area contributed by atoms with Crippen LogP contribution < -0.4 is 29.1 Å². The van der Waals surface area contributed by atoms with Crippen molar-refractivity contribution in [2.24, 2.45) is 4.99 Å². The SMILES string of the molecule is C=CCOc1c(Cl)cc(Cl)cc1/C=c1/sc2n(c1=O)[C@@H](c1ccc(OCC(=O)OC)c(OCC)c1)C(C(=O)OCC)=C(C)N=2. The van der Waals surface area contributed by atoms with Crippen molar-refractivity contribution in [1.29, 1.82) is 0 Å². The lowest BCUT2D eigenvalue weighted by molar-refractivity contribution is -0.143. The highest BCUT2D eigenvalue weighted by Crippen LogP contribution is 2.37. The molecule has 1 aliphatic rings. The van der Waals surface area contributed by atoms with Crippen LogP contribution >= 0.6 is 34.5 Å². The Morgan fingerprint density at radius 3 is 2.55 bits per heavy atom. The number of methoxy groups -OCH3 is 1. The number of esters is 2. The van der Waals surface area contributed by atoms with Gasteiger partial charge in [-0.15, -0.1) is 0 Å². The third-order valence-electron chi connectivity index (χ3n) is 6.34. The van der Waals surface area contributed by atoms with Crippen LogP contribution in [-0.2, 0) is 19.1 Å². The quantitative estimate of drug-likeness (QED) is 0.204. The smallest absolute Gasteiger partial charge is 0.343 e. The Kier molecular flexibility index (Phi) is 10.9. The van der Waals surface area contributed by atoms with Crippen LogP contribution in [0.5, 0.6) is 17.2 Å². The Balaban J connectivity index is 1.93. The first-order valence-electron chi connectivity index (χ1n) is 13.5. The molecule has 4 rings (SSSR count). The molecule has 2 heterocycles. The lowest BCUT2D eigenvalue weighted by Gasteiger charge is -2.25. The monoisotopic (exact) mass is 660 g/mol. The lowest BCUT2D eigenvalue weighted by atomic mass is 9.95. The van der Waals surface area contributed by atoms with Gasteiger partial charge in [-0.1, -0.05) is 53.3 Å². The van der Waals surface area contributed by atoms with Crippen molar-refractivity contribution >= 4 is 52.6 Å². The molecule has 0 saturated carbocycles. The molecule has 44 heavy (non-hydrogen) atoms. The van der Waals surface area contributed by atoms with Gasteiger partial charge >= 0.3 is 11.9 Å². The summed E-state index contributed by atoms with van der Waals surface area (Å²) in [6.07, 6.45) is 3.19. The summed E-state index contributed by atoms with van der Waals surface area (Å²) in [6.45, 7) is 9.12. The van der Waals surface area contributed by atoms with Gasteiger partial charge in [0.05, 0.1) is 47.2 Å². The molecule has 2 aromatic carbocycles. The number of thiazole rings is 1. The number of benzene rings is 2. The summed E-state index contributed by atoms with van der Waals surface area (Å²) >= 11 is 13.8. The number of carbonyl (C=O) groups excluding carboxylic acids is 2. The number of allylic oxidation sites excluding steroid dienone is 1. The van der Waals surface area contributed by atoms with Crippen molar-refractivity contribution in [2.75, 3.05) is 33.5 Å². The van der Waals surface area contributed by atoms with Crippen molar-refractivity contribution in [3.05, 3.63) is 95.1 Å². The van der Waals surface area contributed by atoms with Gasteiger partial charge in [0.25, 0.3) is 5.56 Å². The van der Waals surface area contributed by atoms with E-state index in [-0.39, 0.29) is 36.2 Å². The van der Waals surface area contributed by atoms with Crippen molar-refractivity contribution in [2.45, 2.75) is 26.8 Å². The van der Waals surface area contributed by atoms with Crippen LogP contribution in [0.2, 0.25) is 10.0 Å².